The summed E-state index contributed by atoms with van der Waals surface area (Å²) >= 11 is 0. The van der Waals surface area contributed by atoms with Crippen LogP contribution < -0.4 is 16.6 Å². The number of imidazole rings is 1. The quantitative estimate of drug-likeness (QED) is 0.397. The van der Waals surface area contributed by atoms with Gasteiger partial charge in [0.25, 0.3) is 5.56 Å². The fourth-order valence-electron chi connectivity index (χ4n) is 4.64. The van der Waals surface area contributed by atoms with E-state index in [0.29, 0.717) is 11.4 Å². The lowest BCUT2D eigenvalue weighted by Gasteiger charge is -2.10. The summed E-state index contributed by atoms with van der Waals surface area (Å²) < 4.78 is 5.50. The fourth-order valence-corrected chi connectivity index (χ4v) is 4.64. The highest BCUT2D eigenvalue weighted by Crippen LogP contribution is 2.24. The predicted molar refractivity (Wildman–Crippen MR) is 140 cm³/mol. The molecule has 0 fully saturated rings. The first-order valence-electron chi connectivity index (χ1n) is 11.7. The SMILES string of the molecule is Cc1cc(C)c(-n2cc(-c3ccc(NC(=O)Cn4cnc5c4c(=O)n(C)c(=O)n5C)cc3)nn2)c(C)c1. The minimum atomic E-state index is -0.503. The molecule has 0 aliphatic carbocycles. The molecule has 11 nitrogen and oxygen atoms in total. The highest BCUT2D eigenvalue weighted by Gasteiger charge is 2.16. The molecule has 0 radical (unpaired) electrons. The molecule has 11 heteroatoms. The second kappa shape index (κ2) is 9.01. The van der Waals surface area contributed by atoms with E-state index in [9.17, 15) is 14.4 Å². The Balaban J connectivity index is 1.33. The summed E-state index contributed by atoms with van der Waals surface area (Å²) in [7, 11) is 2.93. The zero-order valence-electron chi connectivity index (χ0n) is 21.2. The number of carbonyl (C=O) groups is 1. The van der Waals surface area contributed by atoms with Crippen LogP contribution in [0.1, 0.15) is 16.7 Å². The van der Waals surface area contributed by atoms with E-state index in [1.807, 2.05) is 18.3 Å². The average molecular weight is 499 g/mol. The first-order valence-corrected chi connectivity index (χ1v) is 11.7. The van der Waals surface area contributed by atoms with E-state index in [-0.39, 0.29) is 23.6 Å². The Hall–Kier alpha value is -4.80. The Morgan fingerprint density at radius 1 is 0.973 bits per heavy atom. The standard InChI is InChI=1S/C26H26N8O3/c1-15-10-16(2)22(17(3)11-15)34-12-20(29-30-34)18-6-8-19(9-7-18)28-21(35)13-33-14-27-24-23(33)25(36)32(5)26(37)31(24)4/h6-12,14H,13H2,1-5H3,(H,28,35). The van der Waals surface area contributed by atoms with Crippen LogP contribution in [0.15, 0.2) is 58.5 Å². The van der Waals surface area contributed by atoms with Crippen LogP contribution in [0, 0.1) is 20.8 Å². The summed E-state index contributed by atoms with van der Waals surface area (Å²) in [6.07, 6.45) is 3.27. The molecule has 2 aromatic carbocycles. The molecule has 37 heavy (non-hydrogen) atoms. The van der Waals surface area contributed by atoms with E-state index in [2.05, 4.69) is 53.5 Å². The molecule has 0 saturated carbocycles. The maximum absolute atomic E-state index is 12.7. The molecule has 0 saturated heterocycles. The van der Waals surface area contributed by atoms with Gasteiger partial charge in [0.1, 0.15) is 12.2 Å². The molecule has 0 unspecified atom stereocenters. The zero-order valence-corrected chi connectivity index (χ0v) is 21.2. The van der Waals surface area contributed by atoms with Crippen LogP contribution in [0.3, 0.4) is 0 Å². The Morgan fingerprint density at radius 2 is 1.65 bits per heavy atom. The van der Waals surface area contributed by atoms with Crippen LogP contribution in [0.2, 0.25) is 0 Å². The van der Waals surface area contributed by atoms with Crippen LogP contribution in [-0.4, -0.2) is 39.6 Å². The second-order valence-electron chi connectivity index (χ2n) is 9.17. The third kappa shape index (κ3) is 4.24. The van der Waals surface area contributed by atoms with Crippen molar-refractivity contribution in [2.45, 2.75) is 27.3 Å². The number of fused-ring (bicyclic) bond motifs is 1. The predicted octanol–water partition coefficient (Wildman–Crippen LogP) is 2.25. The number of carbonyl (C=O) groups excluding carboxylic acids is 1. The number of benzene rings is 2. The molecule has 0 aliphatic rings. The molecule has 1 amide bonds. The highest BCUT2D eigenvalue weighted by atomic mass is 16.2. The van der Waals surface area contributed by atoms with Gasteiger partial charge in [-0.05, 0) is 44.0 Å². The van der Waals surface area contributed by atoms with Crippen LogP contribution in [0.5, 0.6) is 0 Å². The maximum atomic E-state index is 12.7. The third-order valence-electron chi connectivity index (χ3n) is 6.35. The van der Waals surface area contributed by atoms with E-state index >= 15 is 0 Å². The van der Waals surface area contributed by atoms with E-state index in [1.165, 1.54) is 35.1 Å². The smallest absolute Gasteiger partial charge is 0.325 e. The number of hydrogen-bond donors (Lipinski definition) is 1. The molecule has 3 heterocycles. The third-order valence-corrected chi connectivity index (χ3v) is 6.35. The summed E-state index contributed by atoms with van der Waals surface area (Å²) in [6, 6.07) is 11.5. The summed E-state index contributed by atoms with van der Waals surface area (Å²) in [5.74, 6) is -0.334. The number of nitrogens with one attached hydrogen (secondary N) is 1. The van der Waals surface area contributed by atoms with Gasteiger partial charge in [-0.1, -0.05) is 35.0 Å². The van der Waals surface area contributed by atoms with Crippen LogP contribution in [-0.2, 0) is 25.4 Å². The molecule has 3 aromatic heterocycles. The van der Waals surface area contributed by atoms with Crippen molar-refractivity contribution in [2.24, 2.45) is 14.1 Å². The summed E-state index contributed by atoms with van der Waals surface area (Å²) in [5, 5.41) is 11.5. The lowest BCUT2D eigenvalue weighted by molar-refractivity contribution is -0.116. The fraction of sp³-hybridized carbons (Fsp3) is 0.231. The lowest BCUT2D eigenvalue weighted by Crippen LogP contribution is -2.37. The van der Waals surface area contributed by atoms with Crippen molar-refractivity contribution in [1.29, 1.82) is 0 Å². The molecular weight excluding hydrogens is 472 g/mol. The van der Waals surface area contributed by atoms with Gasteiger partial charge >= 0.3 is 5.69 Å². The number of anilines is 1. The van der Waals surface area contributed by atoms with Gasteiger partial charge in [0, 0.05) is 25.3 Å². The van der Waals surface area contributed by atoms with E-state index in [0.717, 1.165) is 26.9 Å². The monoisotopic (exact) mass is 498 g/mol. The molecule has 0 aliphatic heterocycles. The number of aromatic nitrogens is 7. The van der Waals surface area contributed by atoms with E-state index < -0.39 is 11.2 Å². The minimum Gasteiger partial charge on any atom is -0.325 e. The van der Waals surface area contributed by atoms with Crippen molar-refractivity contribution in [3.05, 3.63) is 86.5 Å². The van der Waals surface area contributed by atoms with Gasteiger partial charge in [0.05, 0.1) is 18.2 Å². The topological polar surface area (TPSA) is 122 Å². The number of amides is 1. The second-order valence-corrected chi connectivity index (χ2v) is 9.17. The van der Waals surface area contributed by atoms with Gasteiger partial charge in [0.2, 0.25) is 5.91 Å². The Labute approximate surface area is 211 Å². The van der Waals surface area contributed by atoms with Crippen molar-refractivity contribution in [2.75, 3.05) is 5.32 Å². The average Bonchev–Trinajstić information content (AvgIpc) is 3.49. The van der Waals surface area contributed by atoms with Crippen molar-refractivity contribution >= 4 is 22.8 Å². The molecule has 0 spiro atoms. The van der Waals surface area contributed by atoms with Crippen molar-refractivity contribution in [3.8, 4) is 16.9 Å². The van der Waals surface area contributed by atoms with Crippen LogP contribution in [0.4, 0.5) is 5.69 Å². The lowest BCUT2D eigenvalue weighted by atomic mass is 10.1. The molecule has 5 aromatic rings. The van der Waals surface area contributed by atoms with E-state index in [1.54, 1.807) is 16.8 Å². The number of nitrogens with zero attached hydrogens (tertiary/aromatic N) is 7. The number of rotatable bonds is 5. The van der Waals surface area contributed by atoms with Crippen LogP contribution in [0.25, 0.3) is 28.1 Å². The molecule has 0 atom stereocenters. The van der Waals surface area contributed by atoms with Gasteiger partial charge in [-0.3, -0.25) is 18.7 Å². The molecule has 0 bridgehead atoms. The van der Waals surface area contributed by atoms with Gasteiger partial charge in [-0.25, -0.2) is 14.5 Å². The minimum absolute atomic E-state index is 0.130. The first-order chi connectivity index (χ1) is 17.6. The maximum Gasteiger partial charge on any atom is 0.332 e. The van der Waals surface area contributed by atoms with Crippen molar-refractivity contribution in [1.82, 2.24) is 33.7 Å². The van der Waals surface area contributed by atoms with Crippen molar-refractivity contribution in [3.63, 3.8) is 0 Å². The normalized spacial score (nSPS) is 11.3. The molecular formula is C26H26N8O3. The molecule has 5 rings (SSSR count). The summed E-state index contributed by atoms with van der Waals surface area (Å²) in [4.78, 5) is 41.5. The Bertz CT molecular complexity index is 1760. The number of hydrogen-bond acceptors (Lipinski definition) is 6. The van der Waals surface area contributed by atoms with E-state index in [4.69, 9.17) is 0 Å². The first kappa shape index (κ1) is 23.9. The highest BCUT2D eigenvalue weighted by molar-refractivity contribution is 5.91. The number of aryl methyl sites for hydroxylation is 4. The summed E-state index contributed by atoms with van der Waals surface area (Å²) in [5.41, 5.74) is 6.06. The molecule has 188 valence electrons. The van der Waals surface area contributed by atoms with Gasteiger partial charge in [-0.15, -0.1) is 5.10 Å². The van der Waals surface area contributed by atoms with Gasteiger partial charge in [0.15, 0.2) is 11.2 Å². The van der Waals surface area contributed by atoms with Crippen LogP contribution >= 0.6 is 0 Å². The Morgan fingerprint density at radius 3 is 2.32 bits per heavy atom. The largest absolute Gasteiger partial charge is 0.332 e. The van der Waals surface area contributed by atoms with Gasteiger partial charge in [-0.2, -0.15) is 0 Å². The summed E-state index contributed by atoms with van der Waals surface area (Å²) in [6.45, 7) is 6.05. The molecule has 1 N–H and O–H groups in total. The zero-order chi connectivity index (χ0) is 26.4. The van der Waals surface area contributed by atoms with Crippen molar-refractivity contribution < 1.29 is 4.79 Å². The Kier molecular flexibility index (Phi) is 5.82. The van der Waals surface area contributed by atoms with Gasteiger partial charge < -0.3 is 9.88 Å².